The zero-order chi connectivity index (χ0) is 21.4. The van der Waals surface area contributed by atoms with E-state index in [1.165, 1.54) is 11.1 Å². The van der Waals surface area contributed by atoms with E-state index in [0.717, 1.165) is 48.0 Å². The number of para-hydroxylation sites is 1. The molecule has 2 atom stereocenters. The van der Waals surface area contributed by atoms with Gasteiger partial charge in [0.2, 0.25) is 5.91 Å². The normalized spacial score (nSPS) is 20.9. The fourth-order valence-corrected chi connectivity index (χ4v) is 4.67. The zero-order valence-electron chi connectivity index (χ0n) is 18.4. The number of amides is 2. The van der Waals surface area contributed by atoms with Crippen molar-refractivity contribution < 1.29 is 9.59 Å². The highest BCUT2D eigenvalue weighted by molar-refractivity contribution is 6.01. The third kappa shape index (κ3) is 3.57. The number of allylic oxidation sites excluding steroid dienone is 4. The first-order valence-electron chi connectivity index (χ1n) is 10.9. The molecule has 1 aromatic carbocycles. The van der Waals surface area contributed by atoms with Crippen LogP contribution < -0.4 is 5.32 Å². The predicted molar refractivity (Wildman–Crippen MR) is 120 cm³/mol. The molecule has 2 aliphatic heterocycles. The Bertz CT molecular complexity index is 1050. The highest BCUT2D eigenvalue weighted by Gasteiger charge is 2.45. The van der Waals surface area contributed by atoms with Crippen LogP contribution >= 0.6 is 0 Å². The van der Waals surface area contributed by atoms with Crippen molar-refractivity contribution in [3.8, 4) is 0 Å². The van der Waals surface area contributed by atoms with Crippen molar-refractivity contribution in [3.05, 3.63) is 58.8 Å². The second kappa shape index (κ2) is 8.13. The van der Waals surface area contributed by atoms with Gasteiger partial charge in [0, 0.05) is 41.7 Å². The van der Waals surface area contributed by atoms with Crippen LogP contribution in [0, 0.1) is 0 Å². The Labute approximate surface area is 178 Å². The number of piperazine rings is 1. The topological polar surface area (TPSA) is 54.3 Å². The molecule has 0 unspecified atom stereocenters. The van der Waals surface area contributed by atoms with Crippen molar-refractivity contribution in [3.63, 3.8) is 0 Å². The highest BCUT2D eigenvalue weighted by Crippen LogP contribution is 2.36. The number of benzene rings is 1. The van der Waals surface area contributed by atoms with E-state index in [1.54, 1.807) is 4.90 Å². The number of hydrogen-bond donors (Lipinski definition) is 1. The maximum atomic E-state index is 13.4. The summed E-state index contributed by atoms with van der Waals surface area (Å²) in [5.74, 6) is 0.00654. The Morgan fingerprint density at radius 2 is 1.83 bits per heavy atom. The average Bonchev–Trinajstić information content (AvgIpc) is 3.31. The molecule has 5 nitrogen and oxygen atoms in total. The van der Waals surface area contributed by atoms with Crippen molar-refractivity contribution in [2.24, 2.45) is 0 Å². The van der Waals surface area contributed by atoms with Gasteiger partial charge >= 0.3 is 0 Å². The van der Waals surface area contributed by atoms with E-state index in [4.69, 9.17) is 0 Å². The van der Waals surface area contributed by atoms with E-state index >= 15 is 0 Å². The van der Waals surface area contributed by atoms with E-state index in [9.17, 15) is 9.59 Å². The number of fused-ring (bicyclic) bond motifs is 2. The smallest absolute Gasteiger partial charge is 0.250 e. The van der Waals surface area contributed by atoms with Crippen molar-refractivity contribution in [2.45, 2.75) is 65.6 Å². The molecule has 2 saturated heterocycles. The number of carbonyl (C=O) groups is 2. The Hall–Kier alpha value is -2.82. The maximum absolute atomic E-state index is 13.4. The quantitative estimate of drug-likeness (QED) is 0.755. The molecule has 2 aromatic rings. The number of nitrogens with zero attached hydrogens (tertiary/aromatic N) is 2. The highest BCUT2D eigenvalue weighted by atomic mass is 16.2. The summed E-state index contributed by atoms with van der Waals surface area (Å²) in [6.45, 7) is 9.79. The first-order valence-corrected chi connectivity index (χ1v) is 10.9. The largest absolute Gasteiger partial charge is 0.340 e. The molecule has 2 amide bonds. The van der Waals surface area contributed by atoms with Gasteiger partial charge < -0.3 is 14.8 Å². The number of rotatable bonds is 5. The molecule has 158 valence electrons. The maximum Gasteiger partial charge on any atom is 0.250 e. The summed E-state index contributed by atoms with van der Waals surface area (Å²) in [5, 5.41) is 4.12. The van der Waals surface area contributed by atoms with E-state index in [-0.39, 0.29) is 17.9 Å². The fraction of sp³-hybridized carbons (Fsp3) is 0.440. The summed E-state index contributed by atoms with van der Waals surface area (Å²) in [6.07, 6.45) is 6.79. The molecular weight excluding hydrogens is 374 g/mol. The Kier molecular flexibility index (Phi) is 5.54. The van der Waals surface area contributed by atoms with E-state index in [0.29, 0.717) is 6.54 Å². The molecule has 2 fully saturated rings. The SMILES string of the molecule is CC(C)=CCc1c([C@@H]2NC(=O)[C@@H]3CCCN3C2=O)c2ccccc2n1CC=C(C)C. The van der Waals surface area contributed by atoms with Gasteiger partial charge in [-0.05, 0) is 46.6 Å². The molecule has 30 heavy (non-hydrogen) atoms. The lowest BCUT2D eigenvalue weighted by atomic mass is 9.96. The second-order valence-electron chi connectivity index (χ2n) is 8.89. The lowest BCUT2D eigenvalue weighted by molar-refractivity contribution is -0.147. The van der Waals surface area contributed by atoms with Gasteiger partial charge in [0.1, 0.15) is 12.1 Å². The van der Waals surface area contributed by atoms with Gasteiger partial charge in [0.05, 0.1) is 0 Å². The third-order valence-electron chi connectivity index (χ3n) is 6.17. The van der Waals surface area contributed by atoms with Gasteiger partial charge in [-0.1, -0.05) is 41.5 Å². The Balaban J connectivity index is 1.90. The van der Waals surface area contributed by atoms with Crippen LogP contribution in [-0.4, -0.2) is 33.9 Å². The van der Waals surface area contributed by atoms with Crippen LogP contribution in [0.4, 0.5) is 0 Å². The summed E-state index contributed by atoms with van der Waals surface area (Å²) in [6, 6.07) is 7.31. The van der Waals surface area contributed by atoms with Gasteiger partial charge in [0.15, 0.2) is 0 Å². The fourth-order valence-electron chi connectivity index (χ4n) is 4.67. The minimum absolute atomic E-state index is 0.0219. The number of nitrogens with one attached hydrogen (secondary N) is 1. The molecule has 0 bridgehead atoms. The van der Waals surface area contributed by atoms with Crippen molar-refractivity contribution >= 4 is 22.7 Å². The second-order valence-corrected chi connectivity index (χ2v) is 8.89. The molecule has 5 heteroatoms. The molecule has 0 spiro atoms. The zero-order valence-corrected chi connectivity index (χ0v) is 18.4. The molecule has 0 aliphatic carbocycles. The van der Waals surface area contributed by atoms with Gasteiger partial charge in [0.25, 0.3) is 5.91 Å². The summed E-state index contributed by atoms with van der Waals surface area (Å²) in [5.41, 5.74) is 5.65. The Morgan fingerprint density at radius 3 is 2.57 bits per heavy atom. The van der Waals surface area contributed by atoms with Gasteiger partial charge in [-0.3, -0.25) is 9.59 Å². The standard InChI is InChI=1S/C25H31N3O2/c1-16(2)11-12-20-22(23-25(30)28-14-7-10-21(28)24(29)26-23)18-8-5-6-9-19(18)27(20)15-13-17(3)4/h5-6,8-9,11,13,21,23H,7,10,12,14-15H2,1-4H3,(H,26,29)/t21-,23-/m0/s1. The minimum atomic E-state index is -0.620. The average molecular weight is 406 g/mol. The van der Waals surface area contributed by atoms with Crippen molar-refractivity contribution in [1.82, 2.24) is 14.8 Å². The van der Waals surface area contributed by atoms with Crippen LogP contribution in [0.3, 0.4) is 0 Å². The van der Waals surface area contributed by atoms with Crippen LogP contribution in [0.1, 0.15) is 57.8 Å². The molecule has 1 N–H and O–H groups in total. The van der Waals surface area contributed by atoms with Crippen LogP contribution in [-0.2, 0) is 22.6 Å². The number of carbonyl (C=O) groups excluding carboxylic acids is 2. The van der Waals surface area contributed by atoms with Crippen LogP contribution in [0.25, 0.3) is 10.9 Å². The summed E-state index contributed by atoms with van der Waals surface area (Å²) < 4.78 is 2.30. The molecular formula is C25H31N3O2. The van der Waals surface area contributed by atoms with Gasteiger partial charge in [-0.15, -0.1) is 0 Å². The molecule has 2 aliphatic rings. The minimum Gasteiger partial charge on any atom is -0.340 e. The molecule has 1 aromatic heterocycles. The Morgan fingerprint density at radius 1 is 1.10 bits per heavy atom. The van der Waals surface area contributed by atoms with E-state index in [2.05, 4.69) is 61.9 Å². The monoisotopic (exact) mass is 405 g/mol. The van der Waals surface area contributed by atoms with Crippen molar-refractivity contribution in [1.29, 1.82) is 0 Å². The summed E-state index contributed by atoms with van der Waals surface area (Å²) >= 11 is 0. The lowest BCUT2D eigenvalue weighted by Gasteiger charge is -2.35. The van der Waals surface area contributed by atoms with Gasteiger partial charge in [-0.25, -0.2) is 0 Å². The van der Waals surface area contributed by atoms with E-state index in [1.807, 2.05) is 12.1 Å². The molecule has 3 heterocycles. The first kappa shape index (κ1) is 20.5. The predicted octanol–water partition coefficient (Wildman–Crippen LogP) is 4.28. The van der Waals surface area contributed by atoms with Gasteiger partial charge in [-0.2, -0.15) is 0 Å². The van der Waals surface area contributed by atoms with Crippen LogP contribution in [0.2, 0.25) is 0 Å². The van der Waals surface area contributed by atoms with Crippen LogP contribution in [0.15, 0.2) is 47.6 Å². The molecule has 0 saturated carbocycles. The van der Waals surface area contributed by atoms with E-state index < -0.39 is 6.04 Å². The third-order valence-corrected chi connectivity index (χ3v) is 6.17. The van der Waals surface area contributed by atoms with Crippen LogP contribution in [0.5, 0.6) is 0 Å². The summed E-state index contributed by atoms with van der Waals surface area (Å²) in [7, 11) is 0. The number of aromatic nitrogens is 1. The number of hydrogen-bond acceptors (Lipinski definition) is 2. The first-order chi connectivity index (χ1) is 14.4. The summed E-state index contributed by atoms with van der Waals surface area (Å²) in [4.78, 5) is 28.0. The van der Waals surface area contributed by atoms with Crippen molar-refractivity contribution in [2.75, 3.05) is 6.54 Å². The lowest BCUT2D eigenvalue weighted by Crippen LogP contribution is -2.57. The molecule has 0 radical (unpaired) electrons. The molecule has 4 rings (SSSR count).